The Morgan fingerprint density at radius 3 is 2.30 bits per heavy atom. The molecule has 0 saturated heterocycles. The Labute approximate surface area is 180 Å². The van der Waals surface area contributed by atoms with Crippen LogP contribution in [0.25, 0.3) is 0 Å². The van der Waals surface area contributed by atoms with Gasteiger partial charge in [0.05, 0.1) is 19.0 Å². The minimum absolute atomic E-state index is 0.113. The van der Waals surface area contributed by atoms with Crippen LogP contribution >= 0.6 is 0 Å². The largest absolute Gasteiger partial charge is 0.504 e. The summed E-state index contributed by atoms with van der Waals surface area (Å²) >= 11 is 0. The molecule has 4 nitrogen and oxygen atoms in total. The van der Waals surface area contributed by atoms with Gasteiger partial charge in [-0.1, -0.05) is 40.7 Å². The monoisotopic (exact) mass is 406 g/mol. The van der Waals surface area contributed by atoms with Crippen LogP contribution in [0.15, 0.2) is 40.5 Å². The summed E-state index contributed by atoms with van der Waals surface area (Å²) in [6.45, 7) is 13.6. The van der Waals surface area contributed by atoms with Gasteiger partial charge in [-0.05, 0) is 83.5 Å². The van der Waals surface area contributed by atoms with Crippen molar-refractivity contribution in [1.29, 1.82) is 0 Å². The van der Waals surface area contributed by atoms with Gasteiger partial charge in [-0.25, -0.2) is 0 Å². The fraction of sp³-hybridized carbons (Fsp3) is 0.462. The third-order valence-corrected chi connectivity index (χ3v) is 6.47. The zero-order valence-corrected chi connectivity index (χ0v) is 19.3. The van der Waals surface area contributed by atoms with Gasteiger partial charge in [0.2, 0.25) is 0 Å². The first-order valence-electron chi connectivity index (χ1n) is 10.7. The summed E-state index contributed by atoms with van der Waals surface area (Å²) in [5.41, 5.74) is 7.53. The van der Waals surface area contributed by atoms with Crippen molar-refractivity contribution < 1.29 is 9.84 Å². The van der Waals surface area contributed by atoms with E-state index < -0.39 is 0 Å². The highest BCUT2D eigenvalue weighted by molar-refractivity contribution is 6.00. The molecule has 0 atom stereocenters. The van der Waals surface area contributed by atoms with Gasteiger partial charge in [0.15, 0.2) is 11.5 Å². The second kappa shape index (κ2) is 8.25. The lowest BCUT2D eigenvalue weighted by molar-refractivity contribution is 0.331. The molecule has 0 aromatic heterocycles. The zero-order chi connectivity index (χ0) is 22.1. The maximum atomic E-state index is 9.73. The Balaban J connectivity index is 1.98. The van der Waals surface area contributed by atoms with Crippen LogP contribution in [0.4, 0.5) is 0 Å². The van der Waals surface area contributed by atoms with E-state index in [0.717, 1.165) is 17.7 Å². The summed E-state index contributed by atoms with van der Waals surface area (Å²) in [7, 11) is 1.53. The molecule has 0 saturated carbocycles. The van der Waals surface area contributed by atoms with Crippen LogP contribution in [0, 0.1) is 0 Å². The molecule has 2 aromatic carbocycles. The van der Waals surface area contributed by atoms with E-state index in [1.54, 1.807) is 24.4 Å². The summed E-state index contributed by atoms with van der Waals surface area (Å²) in [6, 6.07) is 9.88. The lowest BCUT2D eigenvalue weighted by atomic mass is 9.62. The van der Waals surface area contributed by atoms with Crippen LogP contribution in [-0.4, -0.2) is 24.1 Å². The standard InChI is InChI=1S/C26H34N2O2/c1-8-19-14-21-22(26(5,6)12-11-25(21,3)4)15-20(19)17(2)28-27-16-18-9-10-23(29)24(13-18)30-7/h9-10,13-16,29H,8,11-12H2,1-7H3/b27-16+,28-17?. The van der Waals surface area contributed by atoms with Crippen molar-refractivity contribution >= 4 is 11.9 Å². The van der Waals surface area contributed by atoms with Crippen LogP contribution in [0.3, 0.4) is 0 Å². The highest BCUT2D eigenvalue weighted by atomic mass is 16.5. The van der Waals surface area contributed by atoms with Gasteiger partial charge in [0.25, 0.3) is 0 Å². The average molecular weight is 407 g/mol. The number of rotatable bonds is 5. The maximum Gasteiger partial charge on any atom is 0.161 e. The molecule has 0 bridgehead atoms. The molecule has 1 N–H and O–H groups in total. The minimum atomic E-state index is 0.113. The van der Waals surface area contributed by atoms with Gasteiger partial charge in [0.1, 0.15) is 0 Å². The van der Waals surface area contributed by atoms with E-state index >= 15 is 0 Å². The molecule has 0 radical (unpaired) electrons. The van der Waals surface area contributed by atoms with Gasteiger partial charge < -0.3 is 9.84 Å². The summed E-state index contributed by atoms with van der Waals surface area (Å²) in [6.07, 6.45) is 5.05. The van der Waals surface area contributed by atoms with Crippen molar-refractivity contribution in [1.82, 2.24) is 0 Å². The van der Waals surface area contributed by atoms with Crippen molar-refractivity contribution in [3.8, 4) is 11.5 Å². The van der Waals surface area contributed by atoms with Crippen LogP contribution in [0.1, 0.15) is 82.2 Å². The SMILES string of the molecule is CCc1cc2c(cc1C(C)=N/N=C/c1ccc(O)c(OC)c1)C(C)(C)CCC2(C)C. The Morgan fingerprint density at radius 1 is 1.07 bits per heavy atom. The molecule has 1 aliphatic carbocycles. The van der Waals surface area contributed by atoms with Crippen molar-refractivity contribution in [3.63, 3.8) is 0 Å². The predicted molar refractivity (Wildman–Crippen MR) is 126 cm³/mol. The Bertz CT molecular complexity index is 1000. The number of aryl methyl sites for hydroxylation is 1. The smallest absolute Gasteiger partial charge is 0.161 e. The van der Waals surface area contributed by atoms with Gasteiger partial charge in [0, 0.05) is 5.56 Å². The first kappa shape index (κ1) is 22.1. The van der Waals surface area contributed by atoms with E-state index in [9.17, 15) is 5.11 Å². The molecule has 0 spiro atoms. The minimum Gasteiger partial charge on any atom is -0.504 e. The summed E-state index contributed by atoms with van der Waals surface area (Å²) in [5, 5.41) is 18.5. The van der Waals surface area contributed by atoms with Gasteiger partial charge in [-0.3, -0.25) is 0 Å². The second-order valence-corrected chi connectivity index (χ2v) is 9.54. The van der Waals surface area contributed by atoms with Gasteiger partial charge in [-0.2, -0.15) is 10.2 Å². The van der Waals surface area contributed by atoms with Crippen LogP contribution < -0.4 is 4.74 Å². The summed E-state index contributed by atoms with van der Waals surface area (Å²) in [4.78, 5) is 0. The topological polar surface area (TPSA) is 54.2 Å². The van der Waals surface area contributed by atoms with Crippen molar-refractivity contribution in [2.24, 2.45) is 10.2 Å². The number of phenols is 1. The number of ether oxygens (including phenoxy) is 1. The summed E-state index contributed by atoms with van der Waals surface area (Å²) in [5.74, 6) is 0.536. The Morgan fingerprint density at radius 2 is 1.70 bits per heavy atom. The van der Waals surface area contributed by atoms with Crippen molar-refractivity contribution in [3.05, 3.63) is 58.1 Å². The van der Waals surface area contributed by atoms with E-state index in [4.69, 9.17) is 4.74 Å². The Kier molecular flexibility index (Phi) is 6.07. The molecular formula is C26H34N2O2. The molecule has 0 unspecified atom stereocenters. The van der Waals surface area contributed by atoms with Crippen LogP contribution in [0.2, 0.25) is 0 Å². The van der Waals surface area contributed by atoms with Crippen molar-refractivity contribution in [2.75, 3.05) is 7.11 Å². The molecule has 2 aromatic rings. The normalized spacial score (nSPS) is 17.8. The molecule has 160 valence electrons. The number of benzene rings is 2. The molecule has 3 rings (SSSR count). The fourth-order valence-electron chi connectivity index (χ4n) is 4.30. The number of nitrogens with zero attached hydrogens (tertiary/aromatic N) is 2. The second-order valence-electron chi connectivity index (χ2n) is 9.54. The lowest BCUT2D eigenvalue weighted by Gasteiger charge is -2.42. The molecule has 30 heavy (non-hydrogen) atoms. The lowest BCUT2D eigenvalue weighted by Crippen LogP contribution is -2.34. The van der Waals surface area contributed by atoms with E-state index in [-0.39, 0.29) is 16.6 Å². The fourth-order valence-corrected chi connectivity index (χ4v) is 4.30. The quantitative estimate of drug-likeness (QED) is 0.478. The first-order chi connectivity index (χ1) is 14.1. The molecule has 0 aliphatic heterocycles. The molecule has 0 fully saturated rings. The van der Waals surface area contributed by atoms with E-state index in [0.29, 0.717) is 5.75 Å². The molecule has 0 heterocycles. The van der Waals surface area contributed by atoms with Gasteiger partial charge >= 0.3 is 0 Å². The number of aromatic hydroxyl groups is 1. The van der Waals surface area contributed by atoms with Crippen molar-refractivity contribution in [2.45, 2.75) is 71.6 Å². The van der Waals surface area contributed by atoms with E-state index in [1.807, 2.05) is 6.92 Å². The number of hydrogen-bond donors (Lipinski definition) is 1. The summed E-state index contributed by atoms with van der Waals surface area (Å²) < 4.78 is 5.15. The van der Waals surface area contributed by atoms with E-state index in [1.165, 1.54) is 42.2 Å². The molecule has 4 heteroatoms. The number of phenolic OH excluding ortho intramolecular Hbond substituents is 1. The molecule has 0 amide bonds. The average Bonchev–Trinajstić information content (AvgIpc) is 2.71. The number of methoxy groups -OCH3 is 1. The van der Waals surface area contributed by atoms with Crippen LogP contribution in [-0.2, 0) is 17.3 Å². The van der Waals surface area contributed by atoms with Gasteiger partial charge in [-0.15, -0.1) is 0 Å². The number of fused-ring (bicyclic) bond motifs is 1. The van der Waals surface area contributed by atoms with Crippen LogP contribution in [0.5, 0.6) is 11.5 Å². The number of hydrogen-bond acceptors (Lipinski definition) is 4. The zero-order valence-electron chi connectivity index (χ0n) is 19.3. The third kappa shape index (κ3) is 4.28. The maximum absolute atomic E-state index is 9.73. The predicted octanol–water partition coefficient (Wildman–Crippen LogP) is 6.16. The Hall–Kier alpha value is -2.62. The van der Waals surface area contributed by atoms with E-state index in [2.05, 4.69) is 57.0 Å². The molecule has 1 aliphatic rings. The molecular weight excluding hydrogens is 372 g/mol. The third-order valence-electron chi connectivity index (χ3n) is 6.47. The highest BCUT2D eigenvalue weighted by Crippen LogP contribution is 2.46. The highest BCUT2D eigenvalue weighted by Gasteiger charge is 2.37. The first-order valence-corrected chi connectivity index (χ1v) is 10.7.